The van der Waals surface area contributed by atoms with Crippen molar-refractivity contribution in [2.24, 2.45) is 0 Å². The summed E-state index contributed by atoms with van der Waals surface area (Å²) in [5.74, 6) is 0.0472. The van der Waals surface area contributed by atoms with E-state index in [2.05, 4.69) is 5.32 Å². The van der Waals surface area contributed by atoms with Gasteiger partial charge in [-0.15, -0.1) is 11.3 Å². The Labute approximate surface area is 209 Å². The standard InChI is InChI=1S/C27H23N3O5S/c1-16-11-12-19(21(13-16)35-2)28-23(32)15-29-24-18-8-4-6-10-22(18)36-25(24)26(33)30(27(29)34)14-17-7-3-5-9-20(17)31/h3-13,31H,14-15H2,1-2H3,(H,28,32). The zero-order valence-electron chi connectivity index (χ0n) is 19.6. The maximum atomic E-state index is 13.7. The molecule has 1 amide bonds. The number of anilines is 1. The number of ether oxygens (including phenoxy) is 1. The average Bonchev–Trinajstić information content (AvgIpc) is 3.26. The minimum Gasteiger partial charge on any atom is -0.508 e. The minimum absolute atomic E-state index is 0.0176. The largest absolute Gasteiger partial charge is 0.508 e. The molecule has 36 heavy (non-hydrogen) atoms. The number of carbonyl (C=O) groups is 1. The number of nitrogens with one attached hydrogen (secondary N) is 1. The van der Waals surface area contributed by atoms with Gasteiger partial charge in [-0.25, -0.2) is 4.79 Å². The van der Waals surface area contributed by atoms with Crippen molar-refractivity contribution in [2.45, 2.75) is 20.0 Å². The molecule has 0 saturated carbocycles. The third-order valence-corrected chi connectivity index (χ3v) is 7.14. The van der Waals surface area contributed by atoms with Gasteiger partial charge in [-0.1, -0.05) is 42.5 Å². The molecule has 8 nitrogen and oxygen atoms in total. The van der Waals surface area contributed by atoms with Gasteiger partial charge in [0.05, 0.1) is 24.9 Å². The Hall–Kier alpha value is -4.37. The van der Waals surface area contributed by atoms with Gasteiger partial charge < -0.3 is 15.2 Å². The third-order valence-electron chi connectivity index (χ3n) is 5.99. The molecule has 5 rings (SSSR count). The maximum absolute atomic E-state index is 13.7. The van der Waals surface area contributed by atoms with Crippen LogP contribution in [-0.4, -0.2) is 27.3 Å². The number of aromatic nitrogens is 2. The number of nitrogens with zero attached hydrogens (tertiary/aromatic N) is 2. The van der Waals surface area contributed by atoms with Gasteiger partial charge in [0.25, 0.3) is 5.56 Å². The second kappa shape index (κ2) is 9.35. The van der Waals surface area contributed by atoms with E-state index >= 15 is 0 Å². The van der Waals surface area contributed by atoms with Crippen LogP contribution in [0.5, 0.6) is 11.5 Å². The molecular weight excluding hydrogens is 478 g/mol. The molecule has 5 aromatic rings. The lowest BCUT2D eigenvalue weighted by Gasteiger charge is -2.14. The number of para-hydroxylation sites is 1. The molecule has 9 heteroatoms. The molecule has 0 atom stereocenters. The number of aryl methyl sites for hydroxylation is 1. The van der Waals surface area contributed by atoms with Crippen LogP contribution in [0.1, 0.15) is 11.1 Å². The number of aromatic hydroxyl groups is 1. The van der Waals surface area contributed by atoms with E-state index in [9.17, 15) is 19.5 Å². The van der Waals surface area contributed by atoms with Gasteiger partial charge in [0, 0.05) is 15.6 Å². The summed E-state index contributed by atoms with van der Waals surface area (Å²) in [5.41, 5.74) is 1.21. The zero-order chi connectivity index (χ0) is 25.4. The molecule has 2 aromatic heterocycles. The second-order valence-corrected chi connectivity index (χ2v) is 9.47. The summed E-state index contributed by atoms with van der Waals surface area (Å²) in [6, 6.07) is 19.3. The highest BCUT2D eigenvalue weighted by atomic mass is 32.1. The first kappa shape index (κ1) is 23.4. The summed E-state index contributed by atoms with van der Waals surface area (Å²) in [6.45, 7) is 1.48. The lowest BCUT2D eigenvalue weighted by molar-refractivity contribution is -0.116. The first-order valence-corrected chi connectivity index (χ1v) is 12.0. The Morgan fingerprint density at radius 1 is 1.03 bits per heavy atom. The van der Waals surface area contributed by atoms with Gasteiger partial charge in [0.1, 0.15) is 22.7 Å². The van der Waals surface area contributed by atoms with Crippen LogP contribution in [0.25, 0.3) is 20.3 Å². The van der Waals surface area contributed by atoms with E-state index in [-0.39, 0.29) is 18.8 Å². The first-order chi connectivity index (χ1) is 17.4. The van der Waals surface area contributed by atoms with Crippen molar-refractivity contribution in [1.29, 1.82) is 0 Å². The fraction of sp³-hybridized carbons (Fsp3) is 0.148. The van der Waals surface area contributed by atoms with Crippen LogP contribution >= 0.6 is 11.3 Å². The topological polar surface area (TPSA) is 103 Å². The van der Waals surface area contributed by atoms with Crippen molar-refractivity contribution in [3.63, 3.8) is 0 Å². The highest BCUT2D eigenvalue weighted by Crippen LogP contribution is 2.31. The molecule has 0 bridgehead atoms. The summed E-state index contributed by atoms with van der Waals surface area (Å²) in [6.07, 6.45) is 0. The Balaban J connectivity index is 1.65. The first-order valence-electron chi connectivity index (χ1n) is 11.2. The minimum atomic E-state index is -0.634. The van der Waals surface area contributed by atoms with Crippen molar-refractivity contribution in [2.75, 3.05) is 12.4 Å². The van der Waals surface area contributed by atoms with Crippen molar-refractivity contribution >= 4 is 43.2 Å². The van der Waals surface area contributed by atoms with Crippen LogP contribution in [0, 0.1) is 6.92 Å². The van der Waals surface area contributed by atoms with Gasteiger partial charge >= 0.3 is 5.69 Å². The number of phenols is 1. The number of hydrogen-bond donors (Lipinski definition) is 2. The molecule has 3 aromatic carbocycles. The molecule has 0 radical (unpaired) electrons. The van der Waals surface area contributed by atoms with Crippen molar-refractivity contribution < 1.29 is 14.6 Å². The number of phenolic OH excluding ortho intramolecular Hbond substituents is 1. The van der Waals surface area contributed by atoms with Gasteiger partial charge in [-0.3, -0.25) is 18.7 Å². The van der Waals surface area contributed by atoms with E-state index in [1.807, 2.05) is 37.3 Å². The quantitative estimate of drug-likeness (QED) is 0.365. The normalized spacial score (nSPS) is 11.2. The molecule has 2 N–H and O–H groups in total. The van der Waals surface area contributed by atoms with Crippen LogP contribution in [-0.2, 0) is 17.9 Å². The fourth-order valence-corrected chi connectivity index (χ4v) is 5.39. The van der Waals surface area contributed by atoms with Crippen LogP contribution in [0.15, 0.2) is 76.3 Å². The van der Waals surface area contributed by atoms with E-state index in [4.69, 9.17) is 4.74 Å². The fourth-order valence-electron chi connectivity index (χ4n) is 4.23. The predicted molar refractivity (Wildman–Crippen MR) is 141 cm³/mol. The number of thiophene rings is 1. The van der Waals surface area contributed by atoms with Gasteiger partial charge in [-0.2, -0.15) is 0 Å². The Bertz CT molecular complexity index is 1750. The molecule has 0 fully saturated rings. The smallest absolute Gasteiger partial charge is 0.332 e. The van der Waals surface area contributed by atoms with Crippen LogP contribution in [0.4, 0.5) is 5.69 Å². The van der Waals surface area contributed by atoms with Crippen LogP contribution in [0.2, 0.25) is 0 Å². The Morgan fingerprint density at radius 3 is 2.56 bits per heavy atom. The molecular formula is C27H23N3O5S. The zero-order valence-corrected chi connectivity index (χ0v) is 20.5. The number of fused-ring (bicyclic) bond motifs is 3. The average molecular weight is 502 g/mol. The van der Waals surface area contributed by atoms with Gasteiger partial charge in [0.2, 0.25) is 5.91 Å². The summed E-state index contributed by atoms with van der Waals surface area (Å²) < 4.78 is 8.96. The molecule has 0 saturated heterocycles. The molecule has 0 aliphatic rings. The number of amides is 1. The summed E-state index contributed by atoms with van der Waals surface area (Å²) in [5, 5.41) is 13.8. The molecule has 0 unspecified atom stereocenters. The Morgan fingerprint density at radius 2 is 1.78 bits per heavy atom. The summed E-state index contributed by atoms with van der Waals surface area (Å²) in [7, 11) is 1.52. The van der Waals surface area contributed by atoms with Gasteiger partial charge in [0.15, 0.2) is 0 Å². The second-order valence-electron chi connectivity index (χ2n) is 8.42. The number of hydrogen-bond acceptors (Lipinski definition) is 6. The summed E-state index contributed by atoms with van der Waals surface area (Å²) >= 11 is 1.27. The van der Waals surface area contributed by atoms with E-state index < -0.39 is 17.2 Å². The molecule has 0 aliphatic carbocycles. The number of rotatable bonds is 6. The third kappa shape index (κ3) is 4.14. The predicted octanol–water partition coefficient (Wildman–Crippen LogP) is 4.09. The van der Waals surface area contributed by atoms with E-state index in [0.717, 1.165) is 20.2 Å². The van der Waals surface area contributed by atoms with E-state index in [0.29, 0.717) is 27.2 Å². The molecule has 182 valence electrons. The monoisotopic (exact) mass is 501 g/mol. The highest BCUT2D eigenvalue weighted by Gasteiger charge is 2.21. The summed E-state index contributed by atoms with van der Waals surface area (Å²) in [4.78, 5) is 40.2. The number of methoxy groups -OCH3 is 1. The van der Waals surface area contributed by atoms with Crippen LogP contribution in [0.3, 0.4) is 0 Å². The molecule has 0 spiro atoms. The van der Waals surface area contributed by atoms with Crippen LogP contribution < -0.4 is 21.3 Å². The van der Waals surface area contributed by atoms with Crippen molar-refractivity contribution in [3.8, 4) is 11.5 Å². The maximum Gasteiger partial charge on any atom is 0.332 e. The lowest BCUT2D eigenvalue weighted by Crippen LogP contribution is -2.41. The van der Waals surface area contributed by atoms with Gasteiger partial charge in [-0.05, 0) is 36.8 Å². The molecule has 2 heterocycles. The highest BCUT2D eigenvalue weighted by molar-refractivity contribution is 7.25. The lowest BCUT2D eigenvalue weighted by atomic mass is 10.2. The number of benzene rings is 3. The SMILES string of the molecule is COc1cc(C)ccc1NC(=O)Cn1c(=O)n(Cc2ccccc2O)c(=O)c2sc3ccccc3c21. The van der Waals surface area contributed by atoms with Crippen molar-refractivity contribution in [1.82, 2.24) is 9.13 Å². The van der Waals surface area contributed by atoms with Crippen molar-refractivity contribution in [3.05, 3.63) is 98.7 Å². The Kier molecular flexibility index (Phi) is 6.07. The molecule has 0 aliphatic heterocycles. The van der Waals surface area contributed by atoms with E-state index in [1.165, 1.54) is 29.1 Å². The number of carbonyl (C=O) groups excluding carboxylic acids is 1. The van der Waals surface area contributed by atoms with E-state index in [1.54, 1.807) is 30.3 Å².